The second-order valence-corrected chi connectivity index (χ2v) is 9.77. The zero-order valence-electron chi connectivity index (χ0n) is 17.6. The number of ether oxygens (including phenoxy) is 1. The molecule has 0 aliphatic carbocycles. The third kappa shape index (κ3) is 9.52. The molecule has 4 heterocycles. The Kier molecular flexibility index (Phi) is 9.74. The third-order valence-electron chi connectivity index (χ3n) is 4.46. The molecule has 2 saturated heterocycles. The summed E-state index contributed by atoms with van der Waals surface area (Å²) < 4.78 is 69.9. The number of carboxylic acid groups (broad SMARTS) is 2. The molecule has 1 atom stereocenters. The van der Waals surface area contributed by atoms with E-state index in [-0.39, 0.29) is 0 Å². The highest BCUT2D eigenvalue weighted by molar-refractivity contribution is 8.01. The first-order chi connectivity index (χ1) is 16.2. The average molecular weight is 547 g/mol. The van der Waals surface area contributed by atoms with Crippen molar-refractivity contribution < 1.29 is 50.9 Å². The first-order valence-corrected chi connectivity index (χ1v) is 11.5. The Hall–Kier alpha value is -2.59. The Morgan fingerprint density at radius 2 is 1.71 bits per heavy atom. The summed E-state index contributed by atoms with van der Waals surface area (Å²) in [5.74, 6) is -3.54. The lowest BCUT2D eigenvalue weighted by Gasteiger charge is -2.47. The Morgan fingerprint density at radius 1 is 1.11 bits per heavy atom. The number of pyridine rings is 1. The van der Waals surface area contributed by atoms with Gasteiger partial charge in [0.25, 0.3) is 0 Å². The van der Waals surface area contributed by atoms with Gasteiger partial charge in [-0.1, -0.05) is 0 Å². The van der Waals surface area contributed by atoms with Gasteiger partial charge in [-0.25, -0.2) is 14.6 Å². The minimum absolute atomic E-state index is 0.321. The molecule has 1 spiro atoms. The van der Waals surface area contributed by atoms with E-state index in [9.17, 15) is 26.3 Å². The van der Waals surface area contributed by atoms with Crippen molar-refractivity contribution in [2.45, 2.75) is 36.2 Å². The molecule has 194 valence electrons. The van der Waals surface area contributed by atoms with Crippen molar-refractivity contribution in [3.05, 3.63) is 41.1 Å². The van der Waals surface area contributed by atoms with E-state index in [1.165, 1.54) is 5.01 Å². The summed E-state index contributed by atoms with van der Waals surface area (Å²) in [5, 5.41) is 17.5. The Bertz CT molecular complexity index is 930. The average Bonchev–Trinajstić information content (AvgIpc) is 3.38. The van der Waals surface area contributed by atoms with Crippen LogP contribution in [0.3, 0.4) is 0 Å². The standard InChI is InChI=1S/C15H17N3OS2.2C2HF3O2/c1-2-12(7-16-3-1)19-13-6-15(21-9-13)10-18(11-15)8-14-17-4-5-20-14;2*3-2(4,5)1(6)7/h1-5,7,13H,6,8-11H2;2*(H,6,7). The highest BCUT2D eigenvalue weighted by Crippen LogP contribution is 2.46. The molecule has 0 amide bonds. The van der Waals surface area contributed by atoms with Crippen LogP contribution in [0.1, 0.15) is 11.4 Å². The van der Waals surface area contributed by atoms with Crippen molar-refractivity contribution in [2.75, 3.05) is 18.8 Å². The van der Waals surface area contributed by atoms with Crippen LogP contribution in [0.2, 0.25) is 0 Å². The lowest BCUT2D eigenvalue weighted by atomic mass is 9.93. The van der Waals surface area contributed by atoms with E-state index in [2.05, 4.69) is 26.6 Å². The van der Waals surface area contributed by atoms with Gasteiger partial charge in [-0.3, -0.25) is 9.88 Å². The third-order valence-corrected chi connectivity index (χ3v) is 6.80. The van der Waals surface area contributed by atoms with Crippen LogP contribution in [0.25, 0.3) is 0 Å². The van der Waals surface area contributed by atoms with Crippen LogP contribution in [0.15, 0.2) is 36.1 Å². The zero-order valence-corrected chi connectivity index (χ0v) is 19.3. The summed E-state index contributed by atoms with van der Waals surface area (Å²) >= 11 is 3.81. The molecule has 2 N–H and O–H groups in total. The zero-order chi connectivity index (χ0) is 26.3. The smallest absolute Gasteiger partial charge is 0.488 e. The number of hydrogen-bond acceptors (Lipinski definition) is 8. The summed E-state index contributed by atoms with van der Waals surface area (Å²) in [5.41, 5.74) is 0. The highest BCUT2D eigenvalue weighted by Gasteiger charge is 2.49. The quantitative estimate of drug-likeness (QED) is 0.550. The lowest BCUT2D eigenvalue weighted by molar-refractivity contribution is -0.193. The molecule has 35 heavy (non-hydrogen) atoms. The largest absolute Gasteiger partial charge is 0.490 e. The van der Waals surface area contributed by atoms with Crippen LogP contribution in [0.5, 0.6) is 5.75 Å². The highest BCUT2D eigenvalue weighted by atomic mass is 32.2. The number of thiazole rings is 1. The minimum Gasteiger partial charge on any atom is -0.488 e. The monoisotopic (exact) mass is 547 g/mol. The van der Waals surface area contributed by atoms with Crippen LogP contribution in [-0.4, -0.2) is 79.1 Å². The molecule has 16 heteroatoms. The fraction of sp³-hybridized carbons (Fsp3) is 0.474. The summed E-state index contributed by atoms with van der Waals surface area (Å²) in [4.78, 5) is 28.7. The van der Waals surface area contributed by atoms with Gasteiger partial charge in [0.05, 0.1) is 12.7 Å². The summed E-state index contributed by atoms with van der Waals surface area (Å²) in [6.07, 6.45) is -3.24. The van der Waals surface area contributed by atoms with E-state index < -0.39 is 24.3 Å². The van der Waals surface area contributed by atoms with Crippen molar-refractivity contribution in [3.63, 3.8) is 0 Å². The molecular formula is C19H19F6N3O5S2. The number of alkyl halides is 6. The second kappa shape index (κ2) is 11.9. The molecule has 2 aromatic rings. The molecule has 0 radical (unpaired) electrons. The number of carboxylic acids is 2. The van der Waals surface area contributed by atoms with Gasteiger partial charge in [-0.05, 0) is 12.1 Å². The first-order valence-electron chi connectivity index (χ1n) is 9.62. The fourth-order valence-corrected chi connectivity index (χ4v) is 5.35. The summed E-state index contributed by atoms with van der Waals surface area (Å²) in [6, 6.07) is 3.91. The van der Waals surface area contributed by atoms with Gasteiger partial charge in [-0.15, -0.1) is 23.1 Å². The van der Waals surface area contributed by atoms with Gasteiger partial charge in [0, 0.05) is 47.8 Å². The lowest BCUT2D eigenvalue weighted by Crippen LogP contribution is -2.58. The van der Waals surface area contributed by atoms with E-state index in [0.29, 0.717) is 10.9 Å². The molecule has 0 bridgehead atoms. The molecule has 2 aromatic heterocycles. The maximum absolute atomic E-state index is 10.6. The first kappa shape index (κ1) is 28.6. The summed E-state index contributed by atoms with van der Waals surface area (Å²) in [7, 11) is 0. The van der Waals surface area contributed by atoms with E-state index in [4.69, 9.17) is 24.5 Å². The van der Waals surface area contributed by atoms with Gasteiger partial charge >= 0.3 is 24.3 Å². The molecule has 1 unspecified atom stereocenters. The predicted octanol–water partition coefficient (Wildman–Crippen LogP) is 3.94. The second-order valence-electron chi connectivity index (χ2n) is 7.30. The number of rotatable bonds is 4. The number of halogens is 6. The van der Waals surface area contributed by atoms with E-state index >= 15 is 0 Å². The number of aliphatic carboxylic acids is 2. The van der Waals surface area contributed by atoms with Crippen LogP contribution in [-0.2, 0) is 16.1 Å². The van der Waals surface area contributed by atoms with Gasteiger partial charge < -0.3 is 14.9 Å². The van der Waals surface area contributed by atoms with Crippen molar-refractivity contribution >= 4 is 35.0 Å². The fourth-order valence-electron chi connectivity index (χ4n) is 3.11. The van der Waals surface area contributed by atoms with Crippen molar-refractivity contribution in [3.8, 4) is 5.75 Å². The number of nitrogens with zero attached hydrogens (tertiary/aromatic N) is 3. The van der Waals surface area contributed by atoms with Crippen LogP contribution < -0.4 is 4.74 Å². The Morgan fingerprint density at radius 3 is 2.17 bits per heavy atom. The van der Waals surface area contributed by atoms with E-state index in [1.54, 1.807) is 23.7 Å². The molecule has 0 aromatic carbocycles. The van der Waals surface area contributed by atoms with Gasteiger partial charge in [0.2, 0.25) is 0 Å². The minimum atomic E-state index is -5.08. The van der Waals surface area contributed by atoms with Gasteiger partial charge in [-0.2, -0.15) is 26.3 Å². The normalized spacial score (nSPS) is 19.0. The van der Waals surface area contributed by atoms with Crippen LogP contribution in [0.4, 0.5) is 26.3 Å². The molecule has 0 saturated carbocycles. The number of thioether (sulfide) groups is 1. The maximum atomic E-state index is 10.6. The van der Waals surface area contributed by atoms with E-state index in [1.807, 2.05) is 23.7 Å². The molecule has 4 rings (SSSR count). The topological polar surface area (TPSA) is 113 Å². The molecule has 2 aliphatic rings. The maximum Gasteiger partial charge on any atom is 0.490 e. The number of likely N-dealkylation sites (tertiary alicyclic amines) is 1. The Labute approximate surface area is 202 Å². The van der Waals surface area contributed by atoms with Crippen molar-refractivity contribution in [2.24, 2.45) is 0 Å². The van der Waals surface area contributed by atoms with Crippen molar-refractivity contribution in [1.29, 1.82) is 0 Å². The summed E-state index contributed by atoms with van der Waals surface area (Å²) in [6.45, 7) is 3.31. The Balaban J connectivity index is 0.000000257. The van der Waals surface area contributed by atoms with Gasteiger partial charge in [0.1, 0.15) is 16.9 Å². The predicted molar refractivity (Wildman–Crippen MR) is 113 cm³/mol. The molecule has 2 fully saturated rings. The number of hydrogen-bond donors (Lipinski definition) is 2. The van der Waals surface area contributed by atoms with Gasteiger partial charge in [0.15, 0.2) is 0 Å². The van der Waals surface area contributed by atoms with E-state index in [0.717, 1.165) is 37.6 Å². The van der Waals surface area contributed by atoms with Crippen molar-refractivity contribution in [1.82, 2.24) is 14.9 Å². The van der Waals surface area contributed by atoms with Crippen LogP contribution >= 0.6 is 23.1 Å². The van der Waals surface area contributed by atoms with Crippen LogP contribution in [0, 0.1) is 0 Å². The SMILES string of the molecule is O=C(O)C(F)(F)F.O=C(O)C(F)(F)F.c1cncc(OC2CSC3(C2)CN(Cc2nccs2)C3)c1. The number of aromatic nitrogens is 2. The molecular weight excluding hydrogens is 528 g/mol. The molecule has 2 aliphatic heterocycles. The molecule has 8 nitrogen and oxygen atoms in total. The number of carbonyl (C=O) groups is 2.